The molecule has 0 spiro atoms. The molecule has 2 aromatic carbocycles. The van der Waals surface area contributed by atoms with E-state index >= 15 is 0 Å². The molecule has 0 radical (unpaired) electrons. The monoisotopic (exact) mass is 574 g/mol. The Balaban J connectivity index is 1.55. The highest BCUT2D eigenvalue weighted by molar-refractivity contribution is 8.00. The van der Waals surface area contributed by atoms with E-state index in [0.29, 0.717) is 24.8 Å². The van der Waals surface area contributed by atoms with Crippen molar-refractivity contribution in [3.63, 3.8) is 0 Å². The fraction of sp³-hybridized carbons (Fsp3) is 0.323. The van der Waals surface area contributed by atoms with Crippen LogP contribution in [0.3, 0.4) is 0 Å². The number of carbonyl (C=O) groups excluding carboxylic acids is 2. The van der Waals surface area contributed by atoms with Crippen LogP contribution in [0.1, 0.15) is 41.7 Å². The number of halogens is 1. The molecular formula is C31H31FN4O2S2. The van der Waals surface area contributed by atoms with Crippen LogP contribution in [0.4, 0.5) is 10.2 Å². The Morgan fingerprint density at radius 1 is 1.05 bits per heavy atom. The van der Waals surface area contributed by atoms with Gasteiger partial charge in [0.25, 0.3) is 0 Å². The molecule has 2 aliphatic heterocycles. The summed E-state index contributed by atoms with van der Waals surface area (Å²) in [6.45, 7) is 5.60. The van der Waals surface area contributed by atoms with Crippen molar-refractivity contribution >= 4 is 40.7 Å². The Labute approximate surface area is 241 Å². The van der Waals surface area contributed by atoms with Gasteiger partial charge in [-0.25, -0.2) is 9.07 Å². The molecule has 9 heteroatoms. The number of amides is 2. The number of thioether (sulfide) groups is 1. The van der Waals surface area contributed by atoms with Crippen LogP contribution in [0.5, 0.6) is 0 Å². The minimum Gasteiger partial charge on any atom is -0.341 e. The number of hydrogen-bond acceptors (Lipinski definition) is 5. The molecule has 0 unspecified atom stereocenters. The minimum atomic E-state index is -0.309. The standard InChI is InChI=1S/C31H31FN4O2S2/c1-20-13-15-34(16-14-20)26(37)18-35-27(38)19-40-30(22-9-11-23(32)12-10-22)28-29(25-8-5-17-39-25)33-36(31(28)35)24-7-4-3-6-21(24)2/h3-12,17,20,30H,13-16,18-19H2,1-2H3/t30-/m0/s1. The Bertz CT molecular complexity index is 1530. The normalized spacial score (nSPS) is 18.1. The van der Waals surface area contributed by atoms with Crippen molar-refractivity contribution in [2.24, 2.45) is 5.92 Å². The van der Waals surface area contributed by atoms with Crippen LogP contribution in [0.2, 0.25) is 0 Å². The van der Waals surface area contributed by atoms with E-state index in [1.807, 2.05) is 58.3 Å². The Kier molecular flexibility index (Phi) is 7.51. The molecule has 40 heavy (non-hydrogen) atoms. The zero-order valence-electron chi connectivity index (χ0n) is 22.5. The molecular weight excluding hydrogens is 543 g/mol. The number of carbonyl (C=O) groups is 2. The first-order chi connectivity index (χ1) is 19.4. The SMILES string of the molecule is Cc1ccccc1-n1nc(-c2cccs2)c2c1N(CC(=O)N1CCC(C)CC1)C(=O)CS[C@H]2c1ccc(F)cc1. The van der Waals surface area contributed by atoms with E-state index < -0.39 is 0 Å². The fourth-order valence-corrected chi connectivity index (χ4v) is 7.40. The first-order valence-electron chi connectivity index (χ1n) is 13.6. The maximum Gasteiger partial charge on any atom is 0.242 e. The predicted molar refractivity (Wildman–Crippen MR) is 160 cm³/mol. The number of para-hydroxylation sites is 1. The van der Waals surface area contributed by atoms with Crippen molar-refractivity contribution in [1.29, 1.82) is 0 Å². The van der Waals surface area contributed by atoms with E-state index in [0.717, 1.165) is 45.8 Å². The summed E-state index contributed by atoms with van der Waals surface area (Å²) in [5, 5.41) is 6.87. The Morgan fingerprint density at radius 2 is 1.80 bits per heavy atom. The van der Waals surface area contributed by atoms with Crippen molar-refractivity contribution < 1.29 is 14.0 Å². The lowest BCUT2D eigenvalue weighted by atomic mass is 9.99. The number of aryl methyl sites for hydroxylation is 1. The van der Waals surface area contributed by atoms with E-state index in [-0.39, 0.29) is 35.2 Å². The number of hydrogen-bond donors (Lipinski definition) is 0. The average Bonchev–Trinajstić information content (AvgIpc) is 3.59. The molecule has 4 aromatic rings. The smallest absolute Gasteiger partial charge is 0.242 e. The summed E-state index contributed by atoms with van der Waals surface area (Å²) < 4.78 is 15.8. The van der Waals surface area contributed by atoms with Crippen LogP contribution in [0, 0.1) is 18.7 Å². The van der Waals surface area contributed by atoms with E-state index in [1.54, 1.807) is 28.4 Å². The summed E-state index contributed by atoms with van der Waals surface area (Å²) in [7, 11) is 0. The van der Waals surface area contributed by atoms with Gasteiger partial charge in [0.2, 0.25) is 11.8 Å². The average molecular weight is 575 g/mol. The van der Waals surface area contributed by atoms with Crippen LogP contribution in [-0.2, 0) is 9.59 Å². The molecule has 0 saturated carbocycles. The van der Waals surface area contributed by atoms with E-state index in [4.69, 9.17) is 5.10 Å². The molecule has 2 aliphatic rings. The molecule has 0 aliphatic carbocycles. The molecule has 206 valence electrons. The van der Waals surface area contributed by atoms with Gasteiger partial charge in [-0.3, -0.25) is 14.5 Å². The maximum atomic E-state index is 13.9. The van der Waals surface area contributed by atoms with Crippen LogP contribution in [-0.4, -0.2) is 51.9 Å². The highest BCUT2D eigenvalue weighted by Gasteiger charge is 2.38. The first-order valence-corrected chi connectivity index (χ1v) is 15.5. The topological polar surface area (TPSA) is 58.4 Å². The number of rotatable bonds is 5. The Morgan fingerprint density at radius 3 is 2.50 bits per heavy atom. The van der Waals surface area contributed by atoms with Gasteiger partial charge >= 0.3 is 0 Å². The van der Waals surface area contributed by atoms with E-state index in [2.05, 4.69) is 6.92 Å². The second-order valence-electron chi connectivity index (χ2n) is 10.5. The van der Waals surface area contributed by atoms with Gasteiger partial charge in [0, 0.05) is 18.7 Å². The second kappa shape index (κ2) is 11.2. The van der Waals surface area contributed by atoms with Crippen molar-refractivity contribution in [3.05, 3.63) is 88.6 Å². The molecule has 6 nitrogen and oxygen atoms in total. The van der Waals surface area contributed by atoms with Crippen LogP contribution >= 0.6 is 23.1 Å². The Hall–Kier alpha value is -3.43. The lowest BCUT2D eigenvalue weighted by molar-refractivity contribution is -0.132. The first kappa shape index (κ1) is 26.8. The highest BCUT2D eigenvalue weighted by Crippen LogP contribution is 2.49. The lowest BCUT2D eigenvalue weighted by Crippen LogP contribution is -2.46. The molecule has 1 saturated heterocycles. The number of nitrogens with zero attached hydrogens (tertiary/aromatic N) is 4. The summed E-state index contributed by atoms with van der Waals surface area (Å²) in [5.41, 5.74) is 4.39. The zero-order chi connectivity index (χ0) is 27.8. The molecule has 2 aromatic heterocycles. The second-order valence-corrected chi connectivity index (χ2v) is 12.6. The van der Waals surface area contributed by atoms with Gasteiger partial charge in [-0.2, -0.15) is 5.10 Å². The molecule has 4 heterocycles. The summed E-state index contributed by atoms with van der Waals surface area (Å²) in [5.74, 6) is 0.906. The van der Waals surface area contributed by atoms with Gasteiger partial charge < -0.3 is 4.90 Å². The van der Waals surface area contributed by atoms with Gasteiger partial charge in [0.1, 0.15) is 23.9 Å². The number of piperidine rings is 1. The lowest BCUT2D eigenvalue weighted by Gasteiger charge is -2.32. The van der Waals surface area contributed by atoms with Crippen LogP contribution in [0.25, 0.3) is 16.3 Å². The third kappa shape index (κ3) is 5.08. The molecule has 1 fully saturated rings. The number of fused-ring (bicyclic) bond motifs is 1. The third-order valence-electron chi connectivity index (χ3n) is 7.79. The van der Waals surface area contributed by atoms with Crippen molar-refractivity contribution in [2.45, 2.75) is 31.9 Å². The number of aromatic nitrogens is 2. The molecule has 0 bridgehead atoms. The van der Waals surface area contributed by atoms with Gasteiger partial charge in [-0.1, -0.05) is 43.3 Å². The van der Waals surface area contributed by atoms with Crippen molar-refractivity contribution in [1.82, 2.24) is 14.7 Å². The predicted octanol–water partition coefficient (Wildman–Crippen LogP) is 6.48. The highest BCUT2D eigenvalue weighted by atomic mass is 32.2. The molecule has 2 amide bonds. The van der Waals surface area contributed by atoms with Crippen LogP contribution < -0.4 is 4.90 Å². The van der Waals surface area contributed by atoms with E-state index in [9.17, 15) is 14.0 Å². The van der Waals surface area contributed by atoms with Gasteiger partial charge in [0.05, 0.1) is 21.6 Å². The number of thiophene rings is 1. The minimum absolute atomic E-state index is 0.0433. The largest absolute Gasteiger partial charge is 0.341 e. The summed E-state index contributed by atoms with van der Waals surface area (Å²) in [6.07, 6.45) is 1.94. The molecule has 6 rings (SSSR count). The molecule has 0 N–H and O–H groups in total. The summed E-state index contributed by atoms with van der Waals surface area (Å²) in [6, 6.07) is 18.4. The number of benzene rings is 2. The maximum absolute atomic E-state index is 13.9. The number of likely N-dealkylation sites (tertiary alicyclic amines) is 1. The van der Waals surface area contributed by atoms with E-state index in [1.165, 1.54) is 23.9 Å². The van der Waals surface area contributed by atoms with Gasteiger partial charge in [-0.05, 0) is 66.5 Å². The van der Waals surface area contributed by atoms with Crippen molar-refractivity contribution in [3.8, 4) is 16.3 Å². The quantitative estimate of drug-likeness (QED) is 0.274. The van der Waals surface area contributed by atoms with Crippen molar-refractivity contribution in [2.75, 3.05) is 30.3 Å². The van der Waals surface area contributed by atoms with Gasteiger partial charge in [-0.15, -0.1) is 23.1 Å². The van der Waals surface area contributed by atoms with Gasteiger partial charge in [0.15, 0.2) is 0 Å². The fourth-order valence-electron chi connectivity index (χ4n) is 5.48. The summed E-state index contributed by atoms with van der Waals surface area (Å²) >= 11 is 3.08. The van der Waals surface area contributed by atoms with Crippen LogP contribution in [0.15, 0.2) is 66.0 Å². The molecule has 1 atom stereocenters. The summed E-state index contributed by atoms with van der Waals surface area (Å²) in [4.78, 5) is 32.0. The number of anilines is 1. The zero-order valence-corrected chi connectivity index (χ0v) is 24.2. The third-order valence-corrected chi connectivity index (χ3v) is 9.92.